The van der Waals surface area contributed by atoms with Crippen LogP contribution in [0.25, 0.3) is 0 Å². The highest BCUT2D eigenvalue weighted by Crippen LogP contribution is 2.21. The average molecular weight is 238 g/mol. The number of nitrogens with zero attached hydrogens (tertiary/aromatic N) is 1. The Balaban J connectivity index is 2.73. The zero-order valence-electron chi connectivity index (χ0n) is 11.2. The number of likely N-dealkylation sites (N-methyl/N-ethyl adjacent to an activating group) is 1. The van der Waals surface area contributed by atoms with E-state index in [1.807, 2.05) is 13.1 Å². The van der Waals surface area contributed by atoms with Crippen LogP contribution in [0.1, 0.15) is 38.8 Å². The molecule has 0 aromatic heterocycles. The first-order valence-corrected chi connectivity index (χ1v) is 6.09. The molecule has 1 aromatic carbocycles. The van der Waals surface area contributed by atoms with E-state index in [1.54, 1.807) is 12.1 Å². The van der Waals surface area contributed by atoms with Crippen molar-refractivity contribution < 1.29 is 4.39 Å². The Kier molecular flexibility index (Phi) is 4.66. The predicted octanol–water partition coefficient (Wildman–Crippen LogP) is 2.95. The van der Waals surface area contributed by atoms with Crippen LogP contribution in [0.5, 0.6) is 0 Å². The predicted molar refractivity (Wildman–Crippen MR) is 70.3 cm³/mol. The summed E-state index contributed by atoms with van der Waals surface area (Å²) in [6.07, 6.45) is 1.04. The lowest BCUT2D eigenvalue weighted by atomic mass is 9.98. The molecule has 0 aliphatic rings. The molecule has 0 fully saturated rings. The lowest BCUT2D eigenvalue weighted by Gasteiger charge is -2.36. The third-order valence-electron chi connectivity index (χ3n) is 3.67. The molecule has 0 spiro atoms. The molecule has 96 valence electrons. The molecule has 0 radical (unpaired) electrons. The molecule has 0 heterocycles. The number of hydrogen-bond acceptors (Lipinski definition) is 2. The second kappa shape index (κ2) is 5.61. The lowest BCUT2D eigenvalue weighted by molar-refractivity contribution is 0.142. The summed E-state index contributed by atoms with van der Waals surface area (Å²) in [5, 5.41) is 0. The van der Waals surface area contributed by atoms with Crippen molar-refractivity contribution in [3.63, 3.8) is 0 Å². The molecule has 17 heavy (non-hydrogen) atoms. The zero-order valence-corrected chi connectivity index (χ0v) is 11.2. The smallest absolute Gasteiger partial charge is 0.128 e. The number of nitrogens with two attached hydrogens (primary N) is 1. The summed E-state index contributed by atoms with van der Waals surface area (Å²) in [6, 6.07) is 6.44. The third kappa shape index (κ3) is 3.51. The molecule has 0 saturated heterocycles. The van der Waals surface area contributed by atoms with Gasteiger partial charge in [0, 0.05) is 23.7 Å². The highest BCUT2D eigenvalue weighted by atomic mass is 19.1. The molecule has 1 unspecified atom stereocenters. The molecular weight excluding hydrogens is 215 g/mol. The number of halogens is 1. The van der Waals surface area contributed by atoms with Gasteiger partial charge in [0.2, 0.25) is 0 Å². The summed E-state index contributed by atoms with van der Waals surface area (Å²) in [4.78, 5) is 2.18. The molecule has 1 aromatic rings. The summed E-state index contributed by atoms with van der Waals surface area (Å²) < 4.78 is 13.6. The van der Waals surface area contributed by atoms with Crippen LogP contribution < -0.4 is 5.73 Å². The molecule has 0 saturated carbocycles. The average Bonchev–Trinajstić information content (AvgIpc) is 2.29. The molecule has 3 heteroatoms. The van der Waals surface area contributed by atoms with Crippen LogP contribution in [0.4, 0.5) is 4.39 Å². The molecule has 0 aliphatic heterocycles. The van der Waals surface area contributed by atoms with E-state index in [0.29, 0.717) is 12.1 Å². The van der Waals surface area contributed by atoms with Gasteiger partial charge in [-0.15, -0.1) is 0 Å². The summed E-state index contributed by atoms with van der Waals surface area (Å²) in [5.74, 6) is -0.220. The van der Waals surface area contributed by atoms with E-state index in [0.717, 1.165) is 6.42 Å². The SMILES string of the molecule is CCC(C)(C)N(C)CC(N)c1ccccc1F. The van der Waals surface area contributed by atoms with Crippen LogP contribution in [0.3, 0.4) is 0 Å². The van der Waals surface area contributed by atoms with E-state index in [4.69, 9.17) is 5.73 Å². The van der Waals surface area contributed by atoms with Gasteiger partial charge in [0.25, 0.3) is 0 Å². The Morgan fingerprint density at radius 3 is 2.47 bits per heavy atom. The first kappa shape index (κ1) is 14.1. The summed E-state index contributed by atoms with van der Waals surface area (Å²) in [6.45, 7) is 7.13. The standard InChI is InChI=1S/C14H23FN2/c1-5-14(2,3)17(4)10-13(16)11-8-6-7-9-12(11)15/h6-9,13H,5,10,16H2,1-4H3. The van der Waals surface area contributed by atoms with Gasteiger partial charge in [0.05, 0.1) is 0 Å². The lowest BCUT2D eigenvalue weighted by Crippen LogP contribution is -2.44. The Morgan fingerprint density at radius 2 is 1.94 bits per heavy atom. The van der Waals surface area contributed by atoms with Crippen molar-refractivity contribution >= 4 is 0 Å². The molecule has 0 amide bonds. The topological polar surface area (TPSA) is 29.3 Å². The van der Waals surface area contributed by atoms with Crippen molar-refractivity contribution in [3.8, 4) is 0 Å². The first-order valence-electron chi connectivity index (χ1n) is 6.09. The monoisotopic (exact) mass is 238 g/mol. The number of rotatable bonds is 5. The van der Waals surface area contributed by atoms with Crippen LogP contribution in [-0.4, -0.2) is 24.0 Å². The summed E-state index contributed by atoms with van der Waals surface area (Å²) in [5.41, 5.74) is 6.74. The first-order chi connectivity index (χ1) is 7.88. The van der Waals surface area contributed by atoms with Crippen molar-refractivity contribution in [2.45, 2.75) is 38.8 Å². The summed E-state index contributed by atoms with van der Waals surface area (Å²) in [7, 11) is 2.03. The van der Waals surface area contributed by atoms with Gasteiger partial charge in [0.15, 0.2) is 0 Å². The van der Waals surface area contributed by atoms with Crippen molar-refractivity contribution in [1.29, 1.82) is 0 Å². The Bertz CT molecular complexity index is 363. The Labute approximate surface area is 104 Å². The largest absolute Gasteiger partial charge is 0.323 e. The van der Waals surface area contributed by atoms with Crippen molar-refractivity contribution in [1.82, 2.24) is 4.90 Å². The van der Waals surface area contributed by atoms with Gasteiger partial charge < -0.3 is 5.73 Å². The fourth-order valence-electron chi connectivity index (χ4n) is 1.69. The minimum Gasteiger partial charge on any atom is -0.323 e. The van der Waals surface area contributed by atoms with Crippen molar-refractivity contribution in [2.24, 2.45) is 5.73 Å². The van der Waals surface area contributed by atoms with Gasteiger partial charge in [-0.25, -0.2) is 4.39 Å². The van der Waals surface area contributed by atoms with E-state index >= 15 is 0 Å². The Hall–Kier alpha value is -0.930. The highest BCUT2D eigenvalue weighted by molar-refractivity contribution is 5.21. The maximum atomic E-state index is 13.6. The molecule has 1 rings (SSSR count). The number of hydrogen-bond donors (Lipinski definition) is 1. The minimum absolute atomic E-state index is 0.0862. The quantitative estimate of drug-likeness (QED) is 0.854. The van der Waals surface area contributed by atoms with Crippen LogP contribution in [0.15, 0.2) is 24.3 Å². The molecule has 0 aliphatic carbocycles. The number of benzene rings is 1. The third-order valence-corrected chi connectivity index (χ3v) is 3.67. The highest BCUT2D eigenvalue weighted by Gasteiger charge is 2.23. The molecular formula is C14H23FN2. The van der Waals surface area contributed by atoms with Gasteiger partial charge in [-0.2, -0.15) is 0 Å². The second-order valence-corrected chi connectivity index (χ2v) is 5.17. The zero-order chi connectivity index (χ0) is 13.1. The fraction of sp³-hybridized carbons (Fsp3) is 0.571. The molecule has 2 nitrogen and oxygen atoms in total. The van der Waals surface area contributed by atoms with Gasteiger partial charge >= 0.3 is 0 Å². The maximum Gasteiger partial charge on any atom is 0.128 e. The summed E-state index contributed by atoms with van der Waals surface area (Å²) >= 11 is 0. The van der Waals surface area contributed by atoms with Crippen molar-refractivity contribution in [2.75, 3.05) is 13.6 Å². The van der Waals surface area contributed by atoms with Gasteiger partial charge in [-0.3, -0.25) is 4.90 Å². The van der Waals surface area contributed by atoms with E-state index in [-0.39, 0.29) is 17.4 Å². The van der Waals surface area contributed by atoms with E-state index in [1.165, 1.54) is 6.07 Å². The van der Waals surface area contributed by atoms with E-state index in [9.17, 15) is 4.39 Å². The van der Waals surface area contributed by atoms with E-state index < -0.39 is 0 Å². The van der Waals surface area contributed by atoms with Crippen LogP contribution in [0.2, 0.25) is 0 Å². The van der Waals surface area contributed by atoms with Crippen LogP contribution in [0, 0.1) is 5.82 Å². The van der Waals surface area contributed by atoms with Gasteiger partial charge in [-0.1, -0.05) is 25.1 Å². The molecule has 2 N–H and O–H groups in total. The molecule has 1 atom stereocenters. The fourth-order valence-corrected chi connectivity index (χ4v) is 1.69. The normalized spacial score (nSPS) is 14.1. The van der Waals surface area contributed by atoms with Crippen LogP contribution in [-0.2, 0) is 0 Å². The molecule has 0 bridgehead atoms. The van der Waals surface area contributed by atoms with Crippen LogP contribution >= 0.6 is 0 Å². The van der Waals surface area contributed by atoms with Gasteiger partial charge in [-0.05, 0) is 33.4 Å². The minimum atomic E-state index is -0.285. The maximum absolute atomic E-state index is 13.6. The second-order valence-electron chi connectivity index (χ2n) is 5.17. The Morgan fingerprint density at radius 1 is 1.35 bits per heavy atom. The van der Waals surface area contributed by atoms with Crippen molar-refractivity contribution in [3.05, 3.63) is 35.6 Å². The van der Waals surface area contributed by atoms with Gasteiger partial charge in [0.1, 0.15) is 5.82 Å². The van der Waals surface area contributed by atoms with E-state index in [2.05, 4.69) is 25.7 Å².